The topological polar surface area (TPSA) is 35.9 Å². The van der Waals surface area contributed by atoms with Crippen LogP contribution in [0.3, 0.4) is 0 Å². The molecule has 4 nitrogen and oxygen atoms in total. The molecule has 2 aliphatic rings. The van der Waals surface area contributed by atoms with Gasteiger partial charge in [-0.1, -0.05) is 35.5 Å². The third-order valence-electron chi connectivity index (χ3n) is 4.35. The van der Waals surface area contributed by atoms with Crippen LogP contribution in [0.15, 0.2) is 68.4 Å². The zero-order chi connectivity index (χ0) is 19.0. The van der Waals surface area contributed by atoms with Gasteiger partial charge in [0.05, 0.1) is 11.4 Å². The van der Waals surface area contributed by atoms with Gasteiger partial charge in [0.25, 0.3) is 5.91 Å². The number of likely N-dealkylation sites (N-methyl/N-ethyl adjacent to an activating group) is 1. The second kappa shape index (κ2) is 7.62. The van der Waals surface area contributed by atoms with Gasteiger partial charge < -0.3 is 4.90 Å². The number of nitrogens with zero attached hydrogens (tertiary/aromatic N) is 3. The second-order valence-electron chi connectivity index (χ2n) is 5.97. The van der Waals surface area contributed by atoms with E-state index < -0.39 is 0 Å². The summed E-state index contributed by atoms with van der Waals surface area (Å²) in [5.41, 5.74) is 1.95. The lowest BCUT2D eigenvalue weighted by atomic mass is 10.3. The maximum atomic E-state index is 13.1. The molecule has 2 aromatic carbocycles. The van der Waals surface area contributed by atoms with Crippen LogP contribution in [0, 0.1) is 0 Å². The van der Waals surface area contributed by atoms with Gasteiger partial charge in [0.2, 0.25) is 0 Å². The lowest BCUT2D eigenvalue weighted by Gasteiger charge is -2.19. The number of para-hydroxylation sites is 1. The number of fused-ring (bicyclic) bond motifs is 1. The highest BCUT2D eigenvalue weighted by molar-refractivity contribution is 8.19. The van der Waals surface area contributed by atoms with Gasteiger partial charge in [-0.2, -0.15) is 0 Å². The van der Waals surface area contributed by atoms with Crippen molar-refractivity contribution in [3.63, 3.8) is 0 Å². The number of carbonyl (C=O) groups is 1. The summed E-state index contributed by atoms with van der Waals surface area (Å²) in [5.74, 6) is 0.0176. The number of anilines is 1. The molecule has 1 amide bonds. The highest BCUT2D eigenvalue weighted by atomic mass is 35.5. The van der Waals surface area contributed by atoms with Crippen molar-refractivity contribution in [2.75, 3.05) is 18.0 Å². The van der Waals surface area contributed by atoms with Gasteiger partial charge in [-0.3, -0.25) is 9.69 Å². The van der Waals surface area contributed by atoms with Gasteiger partial charge in [0, 0.05) is 23.0 Å². The standard InChI is InChI=1S/C20H18ClN3OS2/c1-3-23-15-7-5-6-8-16(15)26-19(23)17-18(25)24(4-2)20(27-17)22-14-11-9-13(21)10-12-14/h5-12H,3-4H2,1-2H3/b19-17-,22-20?. The Bertz CT molecular complexity index is 956. The summed E-state index contributed by atoms with van der Waals surface area (Å²) in [4.78, 5) is 23.7. The second-order valence-corrected chi connectivity index (χ2v) is 8.42. The molecule has 0 saturated carbocycles. The summed E-state index contributed by atoms with van der Waals surface area (Å²) < 4.78 is 0. The minimum absolute atomic E-state index is 0.0176. The van der Waals surface area contributed by atoms with Crippen molar-refractivity contribution in [3.05, 3.63) is 63.5 Å². The molecule has 0 unspecified atom stereocenters. The van der Waals surface area contributed by atoms with Crippen LogP contribution < -0.4 is 4.90 Å². The number of halogens is 1. The van der Waals surface area contributed by atoms with Crippen molar-refractivity contribution < 1.29 is 4.79 Å². The molecule has 138 valence electrons. The summed E-state index contributed by atoms with van der Waals surface area (Å²) >= 11 is 9.06. The summed E-state index contributed by atoms with van der Waals surface area (Å²) in [6, 6.07) is 15.6. The molecule has 0 spiro atoms. The molecule has 0 atom stereocenters. The van der Waals surface area contributed by atoms with E-state index in [0.717, 1.165) is 27.9 Å². The fourth-order valence-corrected chi connectivity index (χ4v) is 5.62. The zero-order valence-corrected chi connectivity index (χ0v) is 17.4. The first kappa shape index (κ1) is 18.5. The van der Waals surface area contributed by atoms with E-state index in [1.165, 1.54) is 16.7 Å². The van der Waals surface area contributed by atoms with Crippen molar-refractivity contribution in [2.45, 2.75) is 18.7 Å². The van der Waals surface area contributed by atoms with Gasteiger partial charge in [-0.25, -0.2) is 4.99 Å². The molecule has 27 heavy (non-hydrogen) atoms. The van der Waals surface area contributed by atoms with Crippen LogP contribution in [0.5, 0.6) is 0 Å². The first-order chi connectivity index (χ1) is 13.1. The largest absolute Gasteiger partial charge is 0.334 e. The molecule has 0 N–H and O–H groups in total. The van der Waals surface area contributed by atoms with E-state index in [0.29, 0.717) is 16.7 Å². The Labute approximate surface area is 172 Å². The third kappa shape index (κ3) is 3.37. The van der Waals surface area contributed by atoms with Crippen molar-refractivity contribution in [1.29, 1.82) is 0 Å². The predicted octanol–water partition coefficient (Wildman–Crippen LogP) is 5.72. The normalized spacial score (nSPS) is 20.7. The van der Waals surface area contributed by atoms with Crippen LogP contribution in [-0.2, 0) is 4.79 Å². The molecule has 0 bridgehead atoms. The van der Waals surface area contributed by atoms with Crippen molar-refractivity contribution >= 4 is 57.6 Å². The highest BCUT2D eigenvalue weighted by Gasteiger charge is 2.38. The molecular weight excluding hydrogens is 398 g/mol. The van der Waals surface area contributed by atoms with Crippen molar-refractivity contribution in [1.82, 2.24) is 4.90 Å². The summed E-state index contributed by atoms with van der Waals surface area (Å²) in [5, 5.41) is 2.37. The van der Waals surface area contributed by atoms with E-state index in [1.807, 2.05) is 31.2 Å². The number of hydrogen-bond acceptors (Lipinski definition) is 5. The fourth-order valence-electron chi connectivity index (χ4n) is 3.04. The Morgan fingerprint density at radius 2 is 1.67 bits per heavy atom. The third-order valence-corrected chi connectivity index (χ3v) is 6.98. The molecular formula is C20H18ClN3OS2. The molecule has 0 radical (unpaired) electrons. The number of carbonyl (C=O) groups excluding carboxylic acids is 1. The van der Waals surface area contributed by atoms with Crippen LogP contribution in [0.25, 0.3) is 0 Å². The van der Waals surface area contributed by atoms with Crippen molar-refractivity contribution in [2.24, 2.45) is 4.99 Å². The number of benzene rings is 2. The van der Waals surface area contributed by atoms with Crippen molar-refractivity contribution in [3.8, 4) is 0 Å². The fraction of sp³-hybridized carbons (Fsp3) is 0.200. The van der Waals surface area contributed by atoms with Gasteiger partial charge in [0.15, 0.2) is 5.17 Å². The summed E-state index contributed by atoms with van der Waals surface area (Å²) in [6.45, 7) is 5.47. The number of thioether (sulfide) groups is 2. The summed E-state index contributed by atoms with van der Waals surface area (Å²) in [7, 11) is 0. The molecule has 0 aromatic heterocycles. The Kier molecular flexibility index (Phi) is 5.21. The molecule has 7 heteroatoms. The van der Waals surface area contributed by atoms with E-state index in [-0.39, 0.29) is 5.91 Å². The van der Waals surface area contributed by atoms with Gasteiger partial charge in [-0.15, -0.1) is 0 Å². The van der Waals surface area contributed by atoms with Gasteiger partial charge >= 0.3 is 0 Å². The molecule has 1 fully saturated rings. The SMILES string of the molecule is CCN1C(=O)/C(=C2/Sc3ccccc3N2CC)SC1=Nc1ccc(Cl)cc1. The summed E-state index contributed by atoms with van der Waals surface area (Å²) in [6.07, 6.45) is 0. The Morgan fingerprint density at radius 1 is 0.963 bits per heavy atom. The first-order valence-electron chi connectivity index (χ1n) is 8.75. The van der Waals surface area contributed by atoms with Gasteiger partial charge in [-0.05, 0) is 62.0 Å². The number of rotatable bonds is 3. The van der Waals surface area contributed by atoms with Crippen LogP contribution in [0.2, 0.25) is 5.02 Å². The molecule has 2 heterocycles. The minimum Gasteiger partial charge on any atom is -0.334 e. The Hall–Kier alpha value is -1.89. The lowest BCUT2D eigenvalue weighted by Crippen LogP contribution is -2.29. The molecule has 4 rings (SSSR count). The first-order valence-corrected chi connectivity index (χ1v) is 10.8. The minimum atomic E-state index is 0.0176. The average molecular weight is 416 g/mol. The number of amidine groups is 1. The highest BCUT2D eigenvalue weighted by Crippen LogP contribution is 2.50. The van der Waals surface area contributed by atoms with Crippen LogP contribution >= 0.6 is 35.1 Å². The number of aliphatic imine (C=N–C) groups is 1. The van der Waals surface area contributed by atoms with Crippen LogP contribution in [0.1, 0.15) is 13.8 Å². The van der Waals surface area contributed by atoms with Crippen LogP contribution in [0.4, 0.5) is 11.4 Å². The molecule has 2 aliphatic heterocycles. The Balaban J connectivity index is 1.74. The van der Waals surface area contributed by atoms with Gasteiger partial charge in [0.1, 0.15) is 9.93 Å². The van der Waals surface area contributed by atoms with E-state index in [2.05, 4.69) is 28.9 Å². The predicted molar refractivity (Wildman–Crippen MR) is 116 cm³/mol. The van der Waals surface area contributed by atoms with E-state index in [9.17, 15) is 4.79 Å². The monoisotopic (exact) mass is 415 g/mol. The maximum absolute atomic E-state index is 13.1. The van der Waals surface area contributed by atoms with E-state index >= 15 is 0 Å². The molecule has 0 aliphatic carbocycles. The number of hydrogen-bond donors (Lipinski definition) is 0. The molecule has 1 saturated heterocycles. The Morgan fingerprint density at radius 3 is 2.37 bits per heavy atom. The van der Waals surface area contributed by atoms with E-state index in [1.54, 1.807) is 28.8 Å². The average Bonchev–Trinajstić information content (AvgIpc) is 3.20. The number of amides is 1. The lowest BCUT2D eigenvalue weighted by molar-refractivity contribution is -0.122. The maximum Gasteiger partial charge on any atom is 0.269 e. The van der Waals surface area contributed by atoms with E-state index in [4.69, 9.17) is 11.6 Å². The zero-order valence-electron chi connectivity index (χ0n) is 15.0. The van der Waals surface area contributed by atoms with Crippen LogP contribution in [-0.4, -0.2) is 29.1 Å². The quantitative estimate of drug-likeness (QED) is 0.600. The smallest absolute Gasteiger partial charge is 0.269 e. The molecule has 2 aromatic rings.